The summed E-state index contributed by atoms with van der Waals surface area (Å²) >= 11 is 0. The van der Waals surface area contributed by atoms with Gasteiger partial charge >= 0.3 is 0 Å². The van der Waals surface area contributed by atoms with Crippen molar-refractivity contribution in [3.8, 4) is 0 Å². The number of amidine groups is 1. The molecule has 2 N–H and O–H groups in total. The summed E-state index contributed by atoms with van der Waals surface area (Å²) in [5.41, 5.74) is 0.424. The van der Waals surface area contributed by atoms with E-state index in [1.165, 1.54) is 6.92 Å². The first kappa shape index (κ1) is 11.8. The van der Waals surface area contributed by atoms with Crippen LogP contribution in [0.1, 0.15) is 30.0 Å². The number of carbonyl (C=O) groups excluding carboxylic acids is 1. The number of rotatable bonds is 2. The summed E-state index contributed by atoms with van der Waals surface area (Å²) in [4.78, 5) is 13.0. The summed E-state index contributed by atoms with van der Waals surface area (Å²) in [6, 6.07) is 1.62. The lowest BCUT2D eigenvalue weighted by molar-refractivity contribution is 0.0839. The molecule has 92 valence electrons. The highest BCUT2D eigenvalue weighted by molar-refractivity contribution is 5.99. The molecule has 6 heteroatoms. The monoisotopic (exact) mass is 236 g/mol. The van der Waals surface area contributed by atoms with Crippen LogP contribution in [0.3, 0.4) is 0 Å². The predicted molar refractivity (Wildman–Crippen MR) is 62.3 cm³/mol. The second-order valence-electron chi connectivity index (χ2n) is 4.69. The molecule has 2 heterocycles. The molecule has 1 aromatic heterocycles. The first-order valence-electron chi connectivity index (χ1n) is 5.41. The van der Waals surface area contributed by atoms with Crippen LogP contribution in [-0.4, -0.2) is 50.6 Å². The van der Waals surface area contributed by atoms with Crippen LogP contribution < -0.4 is 0 Å². The summed E-state index contributed by atoms with van der Waals surface area (Å²) in [5, 5.41) is 21.6. The summed E-state index contributed by atoms with van der Waals surface area (Å²) in [6.07, 6.45) is 0. The highest BCUT2D eigenvalue weighted by atomic mass is 16.3. The number of aliphatic hydroxyl groups excluding tert-OH is 1. The maximum Gasteiger partial charge on any atom is 0.180 e. The third-order valence-electron chi connectivity index (χ3n) is 3.36. The van der Waals surface area contributed by atoms with Crippen LogP contribution >= 0.6 is 0 Å². The van der Waals surface area contributed by atoms with E-state index in [-0.39, 0.29) is 18.2 Å². The van der Waals surface area contributed by atoms with Crippen LogP contribution in [0, 0.1) is 5.41 Å². The van der Waals surface area contributed by atoms with Crippen molar-refractivity contribution >= 4 is 11.6 Å². The summed E-state index contributed by atoms with van der Waals surface area (Å²) < 4.78 is 1.62. The number of nitrogens with one attached hydrogen (secondary N) is 1. The molecule has 0 bridgehead atoms. The summed E-state index contributed by atoms with van der Waals surface area (Å²) in [7, 11) is 1.77. The molecule has 6 nitrogen and oxygen atoms in total. The number of aliphatic hydroxyl groups is 1. The van der Waals surface area contributed by atoms with E-state index < -0.39 is 5.54 Å². The van der Waals surface area contributed by atoms with Gasteiger partial charge in [0, 0.05) is 14.0 Å². The Balaban J connectivity index is 2.50. The molecule has 1 aliphatic rings. The van der Waals surface area contributed by atoms with Gasteiger partial charge < -0.3 is 10.0 Å². The van der Waals surface area contributed by atoms with Crippen molar-refractivity contribution in [1.82, 2.24) is 14.7 Å². The maximum atomic E-state index is 11.3. The molecule has 17 heavy (non-hydrogen) atoms. The van der Waals surface area contributed by atoms with E-state index in [1.807, 2.05) is 6.92 Å². The summed E-state index contributed by atoms with van der Waals surface area (Å²) in [6.45, 7) is 3.71. The van der Waals surface area contributed by atoms with Crippen LogP contribution in [0.2, 0.25) is 0 Å². The Morgan fingerprint density at radius 2 is 2.35 bits per heavy atom. The molecule has 0 saturated carbocycles. The van der Waals surface area contributed by atoms with Crippen molar-refractivity contribution in [2.24, 2.45) is 0 Å². The average Bonchev–Trinajstić information content (AvgIpc) is 2.70. The molecule has 1 aromatic rings. The molecule has 1 atom stereocenters. The maximum absolute atomic E-state index is 11.3. The molecule has 1 aliphatic heterocycles. The van der Waals surface area contributed by atoms with Gasteiger partial charge in [0.05, 0.1) is 18.7 Å². The predicted octanol–water partition coefficient (Wildman–Crippen LogP) is 0.107. The van der Waals surface area contributed by atoms with Gasteiger partial charge in [0.25, 0.3) is 0 Å². The second-order valence-corrected chi connectivity index (χ2v) is 4.69. The highest BCUT2D eigenvalue weighted by Gasteiger charge is 2.38. The molecule has 0 amide bonds. The molecule has 1 unspecified atom stereocenters. The Morgan fingerprint density at radius 3 is 2.88 bits per heavy atom. The standard InChI is InChI=1S/C11H16N4O2/c1-7(17)8-4-9-10(12)14(3)11(2,6-16)5-15(9)13-8/h4,12,16H,5-6H2,1-3H3. The molecule has 0 spiro atoms. The minimum absolute atomic E-state index is 0.0689. The zero-order valence-electron chi connectivity index (χ0n) is 10.2. The number of hydrogen-bond donors (Lipinski definition) is 2. The van der Waals surface area contributed by atoms with Crippen molar-refractivity contribution in [3.05, 3.63) is 17.5 Å². The third-order valence-corrected chi connectivity index (χ3v) is 3.36. The van der Waals surface area contributed by atoms with Crippen molar-refractivity contribution in [2.45, 2.75) is 25.9 Å². The Labute approximate surface area is 99.4 Å². The van der Waals surface area contributed by atoms with E-state index in [1.54, 1.807) is 22.7 Å². The smallest absolute Gasteiger partial charge is 0.180 e. The van der Waals surface area contributed by atoms with E-state index in [4.69, 9.17) is 5.41 Å². The van der Waals surface area contributed by atoms with Gasteiger partial charge in [-0.2, -0.15) is 5.10 Å². The number of nitrogens with zero attached hydrogens (tertiary/aromatic N) is 3. The number of likely N-dealkylation sites (N-methyl/N-ethyl adjacent to an activating group) is 1. The number of fused-ring (bicyclic) bond motifs is 1. The van der Waals surface area contributed by atoms with Crippen molar-refractivity contribution in [2.75, 3.05) is 13.7 Å². The van der Waals surface area contributed by atoms with Gasteiger partial charge in [-0.05, 0) is 13.0 Å². The van der Waals surface area contributed by atoms with Crippen molar-refractivity contribution < 1.29 is 9.90 Å². The number of aromatic nitrogens is 2. The molecular formula is C11H16N4O2. The van der Waals surface area contributed by atoms with Crippen LogP contribution in [0.5, 0.6) is 0 Å². The fourth-order valence-corrected chi connectivity index (χ4v) is 1.93. The van der Waals surface area contributed by atoms with Gasteiger partial charge in [-0.3, -0.25) is 14.9 Å². The van der Waals surface area contributed by atoms with Crippen LogP contribution in [0.4, 0.5) is 0 Å². The Morgan fingerprint density at radius 1 is 1.71 bits per heavy atom. The fraction of sp³-hybridized carbons (Fsp3) is 0.545. The average molecular weight is 236 g/mol. The SMILES string of the molecule is CC(=O)c1cc2n(n1)CC(C)(CO)N(C)C2=N. The first-order valence-corrected chi connectivity index (χ1v) is 5.41. The Hall–Kier alpha value is -1.69. The van der Waals surface area contributed by atoms with Gasteiger partial charge in [-0.1, -0.05) is 0 Å². The van der Waals surface area contributed by atoms with Crippen LogP contribution in [-0.2, 0) is 6.54 Å². The summed E-state index contributed by atoms with van der Waals surface area (Å²) in [5.74, 6) is 0.154. The fourth-order valence-electron chi connectivity index (χ4n) is 1.93. The van der Waals surface area contributed by atoms with E-state index in [0.29, 0.717) is 17.9 Å². The minimum Gasteiger partial charge on any atom is -0.394 e. The zero-order chi connectivity index (χ0) is 12.8. The van der Waals surface area contributed by atoms with E-state index in [2.05, 4.69) is 5.10 Å². The number of carbonyl (C=O) groups is 1. The van der Waals surface area contributed by atoms with E-state index >= 15 is 0 Å². The topological polar surface area (TPSA) is 82.2 Å². The Kier molecular flexibility index (Phi) is 2.54. The van der Waals surface area contributed by atoms with Gasteiger partial charge in [0.15, 0.2) is 5.78 Å². The van der Waals surface area contributed by atoms with Gasteiger partial charge in [-0.25, -0.2) is 0 Å². The quantitative estimate of drug-likeness (QED) is 0.714. The number of Topliss-reactive ketones (excluding diaryl/α,β-unsaturated/α-hetero) is 1. The van der Waals surface area contributed by atoms with Crippen LogP contribution in [0.15, 0.2) is 6.07 Å². The second kappa shape index (κ2) is 3.66. The van der Waals surface area contributed by atoms with Gasteiger partial charge in [-0.15, -0.1) is 0 Å². The first-order chi connectivity index (χ1) is 7.89. The Bertz CT molecular complexity index is 494. The molecule has 0 aromatic carbocycles. The molecule has 0 saturated heterocycles. The van der Waals surface area contributed by atoms with Crippen LogP contribution in [0.25, 0.3) is 0 Å². The molecule has 0 fully saturated rings. The minimum atomic E-state index is -0.551. The van der Waals surface area contributed by atoms with Crippen molar-refractivity contribution in [3.63, 3.8) is 0 Å². The lowest BCUT2D eigenvalue weighted by Gasteiger charge is -2.42. The molecular weight excluding hydrogens is 220 g/mol. The number of ketones is 1. The molecule has 0 radical (unpaired) electrons. The van der Waals surface area contributed by atoms with E-state index in [0.717, 1.165) is 0 Å². The molecule has 0 aliphatic carbocycles. The number of hydrogen-bond acceptors (Lipinski definition) is 4. The largest absolute Gasteiger partial charge is 0.394 e. The lowest BCUT2D eigenvalue weighted by atomic mass is 9.98. The van der Waals surface area contributed by atoms with E-state index in [9.17, 15) is 9.90 Å². The van der Waals surface area contributed by atoms with Gasteiger partial charge in [0.2, 0.25) is 0 Å². The van der Waals surface area contributed by atoms with Gasteiger partial charge in [0.1, 0.15) is 17.2 Å². The molecule has 2 rings (SSSR count). The third kappa shape index (κ3) is 1.64. The normalized spacial score (nSPS) is 23.8. The van der Waals surface area contributed by atoms with Crippen molar-refractivity contribution in [1.29, 1.82) is 5.41 Å². The zero-order valence-corrected chi connectivity index (χ0v) is 10.2. The lowest BCUT2D eigenvalue weighted by Crippen LogP contribution is -2.56. The highest BCUT2D eigenvalue weighted by Crippen LogP contribution is 2.25.